The predicted octanol–water partition coefficient (Wildman–Crippen LogP) is 1.63. The van der Waals surface area contributed by atoms with Gasteiger partial charge in [-0.15, -0.1) is 15.3 Å². The van der Waals surface area contributed by atoms with Gasteiger partial charge in [-0.05, 0) is 26.8 Å². The van der Waals surface area contributed by atoms with Gasteiger partial charge in [-0.1, -0.05) is 23.1 Å². The smallest absolute Gasteiger partial charge is 0.253 e. The number of amides is 1. The van der Waals surface area contributed by atoms with Crippen LogP contribution in [0.1, 0.15) is 16.4 Å². The standard InChI is InChI=1S/C12H13N7OS2/c1-6-4-7(2)19-10(13-6)15-12(18-19)21-5-9(20)14-11-17-16-8(3)22-11/h4H,5H2,1-3H3,(H,14,17,20). The first-order valence-electron chi connectivity index (χ1n) is 6.45. The Hall–Kier alpha value is -2.07. The zero-order valence-electron chi connectivity index (χ0n) is 12.2. The molecular weight excluding hydrogens is 322 g/mol. The molecule has 1 N–H and O–H groups in total. The number of nitrogens with zero attached hydrogens (tertiary/aromatic N) is 6. The molecule has 22 heavy (non-hydrogen) atoms. The van der Waals surface area contributed by atoms with Crippen LogP contribution in [0.25, 0.3) is 5.78 Å². The van der Waals surface area contributed by atoms with Gasteiger partial charge in [0.05, 0.1) is 5.75 Å². The Balaban J connectivity index is 1.66. The van der Waals surface area contributed by atoms with Crippen molar-refractivity contribution in [1.82, 2.24) is 29.8 Å². The van der Waals surface area contributed by atoms with Crippen molar-refractivity contribution < 1.29 is 4.79 Å². The van der Waals surface area contributed by atoms with Gasteiger partial charge < -0.3 is 0 Å². The van der Waals surface area contributed by atoms with Crippen LogP contribution in [0.5, 0.6) is 0 Å². The van der Waals surface area contributed by atoms with Gasteiger partial charge in [0.25, 0.3) is 5.78 Å². The molecule has 3 rings (SSSR count). The minimum Gasteiger partial charge on any atom is -0.300 e. The highest BCUT2D eigenvalue weighted by Crippen LogP contribution is 2.17. The average Bonchev–Trinajstić information content (AvgIpc) is 3.03. The molecular formula is C12H13N7OS2. The maximum atomic E-state index is 11.9. The third-order valence-corrected chi connectivity index (χ3v) is 4.30. The Morgan fingerprint density at radius 1 is 1.32 bits per heavy atom. The number of aromatic nitrogens is 6. The van der Waals surface area contributed by atoms with Gasteiger partial charge in [-0.2, -0.15) is 4.98 Å². The molecule has 0 atom stereocenters. The molecule has 0 aliphatic rings. The van der Waals surface area contributed by atoms with Gasteiger partial charge in [0.15, 0.2) is 0 Å². The summed E-state index contributed by atoms with van der Waals surface area (Å²) in [6, 6.07) is 1.93. The number of hydrogen-bond acceptors (Lipinski definition) is 8. The number of anilines is 1. The maximum Gasteiger partial charge on any atom is 0.253 e. The van der Waals surface area contributed by atoms with E-state index in [1.807, 2.05) is 26.8 Å². The van der Waals surface area contributed by atoms with E-state index >= 15 is 0 Å². The van der Waals surface area contributed by atoms with Crippen LogP contribution in [0.2, 0.25) is 0 Å². The number of carbonyl (C=O) groups excluding carboxylic acids is 1. The van der Waals surface area contributed by atoms with Crippen molar-refractivity contribution in [2.75, 3.05) is 11.1 Å². The van der Waals surface area contributed by atoms with Gasteiger partial charge in [0, 0.05) is 11.4 Å². The van der Waals surface area contributed by atoms with Crippen LogP contribution in [0.4, 0.5) is 5.13 Å². The zero-order chi connectivity index (χ0) is 15.7. The van der Waals surface area contributed by atoms with Gasteiger partial charge in [-0.25, -0.2) is 9.50 Å². The number of fused-ring (bicyclic) bond motifs is 1. The van der Waals surface area contributed by atoms with E-state index in [9.17, 15) is 4.79 Å². The Bertz CT molecular complexity index is 841. The number of hydrogen-bond donors (Lipinski definition) is 1. The topological polar surface area (TPSA) is 98.0 Å². The third kappa shape index (κ3) is 3.22. The number of carbonyl (C=O) groups is 1. The first-order chi connectivity index (χ1) is 10.5. The fourth-order valence-electron chi connectivity index (χ4n) is 1.84. The van der Waals surface area contributed by atoms with Crippen LogP contribution >= 0.6 is 23.1 Å². The summed E-state index contributed by atoms with van der Waals surface area (Å²) in [4.78, 5) is 20.5. The van der Waals surface area contributed by atoms with Crippen molar-refractivity contribution in [3.63, 3.8) is 0 Å². The van der Waals surface area contributed by atoms with Gasteiger partial charge >= 0.3 is 0 Å². The van der Waals surface area contributed by atoms with Crippen LogP contribution < -0.4 is 5.32 Å². The second-order valence-electron chi connectivity index (χ2n) is 4.61. The van der Waals surface area contributed by atoms with Crippen LogP contribution in [-0.4, -0.2) is 41.4 Å². The fraction of sp³-hybridized carbons (Fsp3) is 0.333. The summed E-state index contributed by atoms with van der Waals surface area (Å²) in [7, 11) is 0. The molecule has 3 aromatic heterocycles. The summed E-state index contributed by atoms with van der Waals surface area (Å²) >= 11 is 2.59. The SMILES string of the molecule is Cc1cc(C)n2nc(SCC(=O)Nc3nnc(C)s3)nc2n1. The lowest BCUT2D eigenvalue weighted by molar-refractivity contribution is -0.113. The molecule has 3 aromatic rings. The highest BCUT2D eigenvalue weighted by molar-refractivity contribution is 7.99. The molecule has 0 radical (unpaired) electrons. The average molecular weight is 335 g/mol. The van der Waals surface area contributed by atoms with E-state index in [1.54, 1.807) is 4.52 Å². The molecule has 0 saturated heterocycles. The number of nitrogens with one attached hydrogen (secondary N) is 1. The van der Waals surface area contributed by atoms with E-state index in [-0.39, 0.29) is 11.7 Å². The van der Waals surface area contributed by atoms with Crippen LogP contribution in [-0.2, 0) is 4.79 Å². The quantitative estimate of drug-likeness (QED) is 0.724. The Morgan fingerprint density at radius 2 is 2.14 bits per heavy atom. The third-order valence-electron chi connectivity index (χ3n) is 2.70. The molecule has 0 aliphatic carbocycles. The monoisotopic (exact) mass is 335 g/mol. The summed E-state index contributed by atoms with van der Waals surface area (Å²) in [6.45, 7) is 5.68. The van der Waals surface area contributed by atoms with E-state index < -0.39 is 0 Å². The van der Waals surface area contributed by atoms with E-state index in [2.05, 4.69) is 30.6 Å². The highest BCUT2D eigenvalue weighted by atomic mass is 32.2. The largest absolute Gasteiger partial charge is 0.300 e. The molecule has 10 heteroatoms. The van der Waals surface area contributed by atoms with Crippen molar-refractivity contribution in [3.05, 3.63) is 22.5 Å². The second-order valence-corrected chi connectivity index (χ2v) is 6.73. The first kappa shape index (κ1) is 14.9. The fourth-order valence-corrected chi connectivity index (χ4v) is 3.07. The summed E-state index contributed by atoms with van der Waals surface area (Å²) in [5.41, 5.74) is 1.84. The van der Waals surface area contributed by atoms with E-state index in [0.29, 0.717) is 16.1 Å². The molecule has 0 fully saturated rings. The minimum absolute atomic E-state index is 0.166. The van der Waals surface area contributed by atoms with E-state index in [1.165, 1.54) is 23.1 Å². The summed E-state index contributed by atoms with van der Waals surface area (Å²) in [5, 5.41) is 16.6. The van der Waals surface area contributed by atoms with Crippen molar-refractivity contribution in [2.45, 2.75) is 25.9 Å². The Morgan fingerprint density at radius 3 is 2.86 bits per heavy atom. The minimum atomic E-state index is -0.166. The Kier molecular flexibility index (Phi) is 4.03. The molecule has 0 unspecified atom stereocenters. The lowest BCUT2D eigenvalue weighted by Crippen LogP contribution is -2.13. The Labute approximate surface area is 134 Å². The predicted molar refractivity (Wildman–Crippen MR) is 84.3 cm³/mol. The molecule has 114 valence electrons. The normalized spacial score (nSPS) is 11.0. The maximum absolute atomic E-state index is 11.9. The van der Waals surface area contributed by atoms with E-state index in [0.717, 1.165) is 16.4 Å². The van der Waals surface area contributed by atoms with Crippen LogP contribution in [0.3, 0.4) is 0 Å². The van der Waals surface area contributed by atoms with Crippen molar-refractivity contribution in [1.29, 1.82) is 0 Å². The highest BCUT2D eigenvalue weighted by Gasteiger charge is 2.11. The number of aryl methyl sites for hydroxylation is 3. The molecule has 0 saturated carbocycles. The van der Waals surface area contributed by atoms with Crippen molar-refractivity contribution in [2.24, 2.45) is 0 Å². The summed E-state index contributed by atoms with van der Waals surface area (Å²) in [6.07, 6.45) is 0. The first-order valence-corrected chi connectivity index (χ1v) is 8.25. The second kappa shape index (κ2) is 5.97. The molecule has 0 aliphatic heterocycles. The zero-order valence-corrected chi connectivity index (χ0v) is 13.8. The van der Waals surface area contributed by atoms with Gasteiger partial charge in [-0.3, -0.25) is 10.1 Å². The summed E-state index contributed by atoms with van der Waals surface area (Å²) < 4.78 is 1.67. The molecule has 3 heterocycles. The lowest BCUT2D eigenvalue weighted by Gasteiger charge is -1.98. The van der Waals surface area contributed by atoms with Gasteiger partial charge in [0.2, 0.25) is 16.2 Å². The number of thioether (sulfide) groups is 1. The molecule has 0 bridgehead atoms. The van der Waals surface area contributed by atoms with Crippen molar-refractivity contribution in [3.8, 4) is 0 Å². The number of rotatable bonds is 4. The van der Waals surface area contributed by atoms with E-state index in [4.69, 9.17) is 0 Å². The van der Waals surface area contributed by atoms with Crippen LogP contribution in [0.15, 0.2) is 11.2 Å². The molecule has 8 nitrogen and oxygen atoms in total. The van der Waals surface area contributed by atoms with Crippen molar-refractivity contribution >= 4 is 39.9 Å². The molecule has 0 spiro atoms. The summed E-state index contributed by atoms with van der Waals surface area (Å²) in [5.74, 6) is 0.578. The van der Waals surface area contributed by atoms with Gasteiger partial charge in [0.1, 0.15) is 5.01 Å². The molecule has 0 aromatic carbocycles. The lowest BCUT2D eigenvalue weighted by atomic mass is 10.4. The molecule has 1 amide bonds. The van der Waals surface area contributed by atoms with Crippen LogP contribution in [0, 0.1) is 20.8 Å².